The zero-order valence-electron chi connectivity index (χ0n) is 8.37. The molecule has 4 heteroatoms. The first-order valence-electron chi connectivity index (χ1n) is 4.80. The molecule has 1 amide bonds. The van der Waals surface area contributed by atoms with Gasteiger partial charge in [-0.3, -0.25) is 9.63 Å². The minimum absolute atomic E-state index is 0.0255. The van der Waals surface area contributed by atoms with Crippen molar-refractivity contribution >= 4 is 21.8 Å². The van der Waals surface area contributed by atoms with E-state index < -0.39 is 0 Å². The maximum absolute atomic E-state index is 11.4. The first kappa shape index (κ1) is 10.6. The zero-order valence-corrected chi connectivity index (χ0v) is 9.95. The molecule has 1 aromatic rings. The van der Waals surface area contributed by atoms with Gasteiger partial charge < -0.3 is 0 Å². The van der Waals surface area contributed by atoms with Crippen molar-refractivity contribution < 1.29 is 9.63 Å². The minimum atomic E-state index is -0.0255. The fourth-order valence-electron chi connectivity index (χ4n) is 1.77. The second-order valence-corrected chi connectivity index (χ2v) is 4.59. The molecule has 1 saturated carbocycles. The molecular weight excluding hydrogens is 258 g/mol. The highest BCUT2D eigenvalue weighted by molar-refractivity contribution is 9.10. The van der Waals surface area contributed by atoms with Crippen LogP contribution in [0.2, 0.25) is 0 Å². The number of carbonyl (C=O) groups excluding carboxylic acids is 1. The lowest BCUT2D eigenvalue weighted by Crippen LogP contribution is -2.23. The van der Waals surface area contributed by atoms with E-state index in [0.29, 0.717) is 5.92 Å². The number of hydrogen-bond acceptors (Lipinski definition) is 2. The Labute approximate surface area is 96.9 Å². The van der Waals surface area contributed by atoms with Crippen molar-refractivity contribution in [1.29, 1.82) is 0 Å². The van der Waals surface area contributed by atoms with Gasteiger partial charge in [0.05, 0.1) is 7.11 Å². The number of amides is 1. The van der Waals surface area contributed by atoms with Gasteiger partial charge in [-0.15, -0.1) is 0 Å². The fraction of sp³-hybridized carbons (Fsp3) is 0.364. The van der Waals surface area contributed by atoms with Crippen molar-refractivity contribution in [3.8, 4) is 0 Å². The van der Waals surface area contributed by atoms with E-state index in [4.69, 9.17) is 0 Å². The third kappa shape index (κ3) is 2.38. The number of nitrogens with one attached hydrogen (secondary N) is 1. The average Bonchev–Trinajstić information content (AvgIpc) is 2.97. The van der Waals surface area contributed by atoms with Crippen LogP contribution in [0.15, 0.2) is 28.7 Å². The van der Waals surface area contributed by atoms with Gasteiger partial charge in [0.2, 0.25) is 5.91 Å². The smallest absolute Gasteiger partial charge is 0.247 e. The summed E-state index contributed by atoms with van der Waals surface area (Å²) in [4.78, 5) is 16.0. The Bertz CT molecular complexity index is 381. The Morgan fingerprint density at radius 1 is 1.60 bits per heavy atom. The summed E-state index contributed by atoms with van der Waals surface area (Å²) in [6.45, 7) is 0. The Hall–Kier alpha value is -0.870. The van der Waals surface area contributed by atoms with Crippen LogP contribution in [0.25, 0.3) is 0 Å². The van der Waals surface area contributed by atoms with Gasteiger partial charge in [0.15, 0.2) is 0 Å². The van der Waals surface area contributed by atoms with E-state index in [1.54, 1.807) is 0 Å². The van der Waals surface area contributed by atoms with Crippen molar-refractivity contribution in [2.75, 3.05) is 7.11 Å². The summed E-state index contributed by atoms with van der Waals surface area (Å²) in [6, 6.07) is 8.08. The first-order chi connectivity index (χ1) is 7.22. The summed E-state index contributed by atoms with van der Waals surface area (Å²) in [5.41, 5.74) is 3.58. The summed E-state index contributed by atoms with van der Waals surface area (Å²) < 4.78 is 1.05. The second kappa shape index (κ2) is 4.33. The molecule has 0 heterocycles. The molecule has 0 aliphatic heterocycles. The molecule has 0 saturated heterocycles. The Morgan fingerprint density at radius 3 is 3.07 bits per heavy atom. The van der Waals surface area contributed by atoms with Gasteiger partial charge in [0.25, 0.3) is 0 Å². The van der Waals surface area contributed by atoms with E-state index in [1.807, 2.05) is 12.1 Å². The fourth-order valence-corrected chi connectivity index (χ4v) is 2.18. The van der Waals surface area contributed by atoms with Crippen molar-refractivity contribution in [3.05, 3.63) is 34.3 Å². The topological polar surface area (TPSA) is 38.3 Å². The largest absolute Gasteiger partial charge is 0.277 e. The summed E-state index contributed by atoms with van der Waals surface area (Å²) in [6.07, 6.45) is 0.908. The van der Waals surface area contributed by atoms with Crippen LogP contribution in [0, 0.1) is 5.92 Å². The van der Waals surface area contributed by atoms with Crippen LogP contribution in [0.5, 0.6) is 0 Å². The molecule has 0 unspecified atom stereocenters. The quantitative estimate of drug-likeness (QED) is 0.855. The highest BCUT2D eigenvalue weighted by atomic mass is 79.9. The summed E-state index contributed by atoms with van der Waals surface area (Å²) in [5, 5.41) is 0. The average molecular weight is 270 g/mol. The second-order valence-electron chi connectivity index (χ2n) is 3.67. The Balaban J connectivity index is 2.01. The molecule has 2 rings (SSSR count). The Morgan fingerprint density at radius 2 is 2.40 bits per heavy atom. The van der Waals surface area contributed by atoms with Gasteiger partial charge >= 0.3 is 0 Å². The van der Waals surface area contributed by atoms with Crippen LogP contribution in [0.4, 0.5) is 0 Å². The standard InChI is InChI=1S/C11H12BrNO2/c1-15-13-11(14)10-6-9(10)7-3-2-4-8(12)5-7/h2-5,9-10H,6H2,1H3,(H,13,14)/t9-,10-/m1/s1. The van der Waals surface area contributed by atoms with Crippen LogP contribution in [0.3, 0.4) is 0 Å². The Kier molecular flexibility index (Phi) is 3.07. The minimum Gasteiger partial charge on any atom is -0.277 e. The van der Waals surface area contributed by atoms with Crippen molar-refractivity contribution in [1.82, 2.24) is 5.48 Å². The number of benzene rings is 1. The lowest BCUT2D eigenvalue weighted by atomic mass is 10.1. The van der Waals surface area contributed by atoms with Gasteiger partial charge in [0.1, 0.15) is 0 Å². The molecule has 0 radical (unpaired) electrons. The number of carbonyl (C=O) groups is 1. The number of halogens is 1. The van der Waals surface area contributed by atoms with Gasteiger partial charge in [-0.25, -0.2) is 5.48 Å². The highest BCUT2D eigenvalue weighted by Gasteiger charge is 2.44. The predicted molar refractivity (Wildman–Crippen MR) is 60.1 cm³/mol. The van der Waals surface area contributed by atoms with E-state index >= 15 is 0 Å². The van der Waals surface area contributed by atoms with Crippen LogP contribution in [0.1, 0.15) is 17.9 Å². The number of hydroxylamine groups is 1. The first-order valence-corrected chi connectivity index (χ1v) is 5.60. The highest BCUT2D eigenvalue weighted by Crippen LogP contribution is 2.47. The zero-order chi connectivity index (χ0) is 10.8. The molecular formula is C11H12BrNO2. The maximum Gasteiger partial charge on any atom is 0.247 e. The molecule has 1 aliphatic carbocycles. The third-order valence-electron chi connectivity index (χ3n) is 2.61. The normalized spacial score (nSPS) is 23.6. The van der Waals surface area contributed by atoms with E-state index in [9.17, 15) is 4.79 Å². The molecule has 0 spiro atoms. The van der Waals surface area contributed by atoms with Crippen LogP contribution < -0.4 is 5.48 Å². The van der Waals surface area contributed by atoms with Crippen LogP contribution in [-0.4, -0.2) is 13.0 Å². The molecule has 80 valence electrons. The van der Waals surface area contributed by atoms with E-state index in [2.05, 4.69) is 38.4 Å². The molecule has 0 bridgehead atoms. The monoisotopic (exact) mass is 269 g/mol. The van der Waals surface area contributed by atoms with Gasteiger partial charge in [-0.05, 0) is 30.0 Å². The van der Waals surface area contributed by atoms with Crippen LogP contribution in [-0.2, 0) is 9.63 Å². The molecule has 1 fully saturated rings. The van der Waals surface area contributed by atoms with E-state index in [1.165, 1.54) is 12.7 Å². The van der Waals surface area contributed by atoms with Crippen molar-refractivity contribution in [2.24, 2.45) is 5.92 Å². The van der Waals surface area contributed by atoms with Gasteiger partial charge in [-0.2, -0.15) is 0 Å². The van der Waals surface area contributed by atoms with Crippen molar-refractivity contribution in [2.45, 2.75) is 12.3 Å². The van der Waals surface area contributed by atoms with Gasteiger partial charge in [-0.1, -0.05) is 28.1 Å². The molecule has 1 N–H and O–H groups in total. The number of hydrogen-bond donors (Lipinski definition) is 1. The molecule has 0 aromatic heterocycles. The third-order valence-corrected chi connectivity index (χ3v) is 3.10. The van der Waals surface area contributed by atoms with Crippen LogP contribution >= 0.6 is 15.9 Å². The molecule has 2 atom stereocenters. The molecule has 1 aliphatic rings. The lowest BCUT2D eigenvalue weighted by Gasteiger charge is -2.02. The number of rotatable bonds is 3. The molecule has 15 heavy (non-hydrogen) atoms. The molecule has 3 nitrogen and oxygen atoms in total. The summed E-state index contributed by atoms with van der Waals surface area (Å²) >= 11 is 3.42. The van der Waals surface area contributed by atoms with Crippen molar-refractivity contribution in [3.63, 3.8) is 0 Å². The predicted octanol–water partition coefficient (Wildman–Crippen LogP) is 2.23. The molecule has 1 aromatic carbocycles. The lowest BCUT2D eigenvalue weighted by molar-refractivity contribution is -0.132. The summed E-state index contributed by atoms with van der Waals surface area (Å²) in [7, 11) is 1.45. The van der Waals surface area contributed by atoms with E-state index in [0.717, 1.165) is 10.9 Å². The SMILES string of the molecule is CONC(=O)[C@@H]1C[C@@H]1c1cccc(Br)c1. The summed E-state index contributed by atoms with van der Waals surface area (Å²) in [5.74, 6) is 0.388. The van der Waals surface area contributed by atoms with Gasteiger partial charge in [0, 0.05) is 10.4 Å². The maximum atomic E-state index is 11.4. The van der Waals surface area contributed by atoms with E-state index in [-0.39, 0.29) is 11.8 Å².